The van der Waals surface area contributed by atoms with Gasteiger partial charge in [0.25, 0.3) is 0 Å². The first kappa shape index (κ1) is 19.3. The van der Waals surface area contributed by atoms with Crippen LogP contribution in [0.1, 0.15) is 18.5 Å². The maximum absolute atomic E-state index is 13.8. The average molecular weight is 401 g/mol. The minimum Gasteiger partial charge on any atom is -0.346 e. The molecule has 0 spiro atoms. The lowest BCUT2D eigenvalue weighted by Gasteiger charge is -2.32. The van der Waals surface area contributed by atoms with Crippen molar-refractivity contribution in [1.82, 2.24) is 14.3 Å². The molecule has 3 aromatic rings. The number of pyridine rings is 1. The van der Waals surface area contributed by atoms with Crippen molar-refractivity contribution in [3.05, 3.63) is 60.2 Å². The summed E-state index contributed by atoms with van der Waals surface area (Å²) >= 11 is 0. The smallest absolute Gasteiger partial charge is 0.346 e. The zero-order chi connectivity index (χ0) is 19.8. The normalized spacial score (nSPS) is 14.0. The van der Waals surface area contributed by atoms with E-state index in [0.717, 1.165) is 30.3 Å². The quantitative estimate of drug-likeness (QED) is 0.657. The number of hydrogen-bond donors (Lipinski definition) is 1. The summed E-state index contributed by atoms with van der Waals surface area (Å²) in [6.45, 7) is 0.882. The lowest BCUT2D eigenvalue weighted by atomic mass is 10.1. The zero-order valence-corrected chi connectivity index (χ0v) is 14.9. The summed E-state index contributed by atoms with van der Waals surface area (Å²) in [7, 11) is -4.53. The molecule has 0 aliphatic rings. The van der Waals surface area contributed by atoms with Gasteiger partial charge in [-0.15, -0.1) is 0 Å². The molecule has 1 atom stereocenters. The second-order valence-corrected chi connectivity index (χ2v) is 7.61. The summed E-state index contributed by atoms with van der Waals surface area (Å²) in [5.74, 6) is -0.714. The van der Waals surface area contributed by atoms with E-state index in [1.165, 1.54) is 25.4 Å². The number of halogens is 4. The van der Waals surface area contributed by atoms with Crippen LogP contribution in [0, 0.1) is 5.82 Å². The van der Waals surface area contributed by atoms with Crippen LogP contribution in [-0.2, 0) is 10.0 Å². The van der Waals surface area contributed by atoms with Gasteiger partial charge in [-0.25, -0.2) is 17.8 Å². The van der Waals surface area contributed by atoms with Gasteiger partial charge in [0.15, 0.2) is 0 Å². The van der Waals surface area contributed by atoms with E-state index < -0.39 is 34.6 Å². The highest BCUT2D eigenvalue weighted by atomic mass is 32.2. The molecule has 1 N–H and O–H groups in total. The largest absolute Gasteiger partial charge is 0.409 e. The molecule has 0 aliphatic heterocycles. The van der Waals surface area contributed by atoms with Crippen LogP contribution in [0.25, 0.3) is 11.0 Å². The second kappa shape index (κ2) is 6.93. The van der Waals surface area contributed by atoms with Gasteiger partial charge in [0.05, 0.1) is 4.90 Å². The number of fused-ring (bicyclic) bond motifs is 1. The van der Waals surface area contributed by atoms with Crippen LogP contribution in [0.3, 0.4) is 0 Å². The van der Waals surface area contributed by atoms with E-state index in [1.54, 1.807) is 0 Å². The molecule has 1 unspecified atom stereocenters. The molecule has 2 heterocycles. The summed E-state index contributed by atoms with van der Waals surface area (Å²) in [6.07, 6.45) is -2.24. The van der Waals surface area contributed by atoms with Gasteiger partial charge < -0.3 is 4.98 Å². The monoisotopic (exact) mass is 401 g/mol. The highest BCUT2D eigenvalue weighted by Gasteiger charge is 2.49. The summed E-state index contributed by atoms with van der Waals surface area (Å²) in [4.78, 5) is 6.40. The summed E-state index contributed by atoms with van der Waals surface area (Å²) in [5, 5.41) is 0.191. The summed E-state index contributed by atoms with van der Waals surface area (Å²) < 4.78 is 81.2. The number of aromatic nitrogens is 2. The molecule has 10 heteroatoms. The second-order valence-electron chi connectivity index (χ2n) is 5.75. The standard InChI is InChI=1S/C17H15F4N3O2S/c1-2-24(15(17(19,20)21)11-3-5-12(18)6-4-11)27(25,26)14-8-10-23-16-13(14)7-9-22-16/h3-10,15H,2H2,1H3,(H,22,23). The van der Waals surface area contributed by atoms with E-state index in [9.17, 15) is 26.0 Å². The third kappa shape index (κ3) is 3.54. The number of rotatable bonds is 5. The van der Waals surface area contributed by atoms with Gasteiger partial charge in [-0.1, -0.05) is 19.1 Å². The fourth-order valence-electron chi connectivity index (χ4n) is 2.94. The lowest BCUT2D eigenvalue weighted by Crippen LogP contribution is -2.42. The van der Waals surface area contributed by atoms with Gasteiger partial charge in [-0.05, 0) is 29.8 Å². The van der Waals surface area contributed by atoms with Crippen molar-refractivity contribution in [3.8, 4) is 0 Å². The molecule has 0 radical (unpaired) electrons. The van der Waals surface area contributed by atoms with Gasteiger partial charge in [0, 0.05) is 24.3 Å². The molecule has 0 fully saturated rings. The predicted octanol–water partition coefficient (Wildman–Crippen LogP) is 4.02. The fourth-order valence-corrected chi connectivity index (χ4v) is 4.73. The van der Waals surface area contributed by atoms with E-state index in [2.05, 4.69) is 9.97 Å². The summed E-state index contributed by atoms with van der Waals surface area (Å²) in [5.41, 5.74) is -0.119. The third-order valence-electron chi connectivity index (χ3n) is 4.10. The van der Waals surface area contributed by atoms with Crippen LogP contribution in [0.15, 0.2) is 53.7 Å². The Morgan fingerprint density at radius 2 is 1.81 bits per heavy atom. The van der Waals surface area contributed by atoms with Gasteiger partial charge in [0.1, 0.15) is 17.5 Å². The molecule has 0 saturated heterocycles. The third-order valence-corrected chi connectivity index (χ3v) is 6.10. The SMILES string of the molecule is CCN(C(c1ccc(F)cc1)C(F)(F)F)S(=O)(=O)c1ccnc2[nH]ccc12. The van der Waals surface area contributed by atoms with Crippen LogP contribution < -0.4 is 0 Å². The van der Waals surface area contributed by atoms with E-state index in [-0.39, 0.29) is 21.5 Å². The molecule has 144 valence electrons. The fraction of sp³-hybridized carbons (Fsp3) is 0.235. The molecule has 0 aliphatic carbocycles. The van der Waals surface area contributed by atoms with Crippen molar-refractivity contribution in [2.45, 2.75) is 24.0 Å². The number of hydrogen-bond acceptors (Lipinski definition) is 3. The Kier molecular flexibility index (Phi) is 4.96. The molecule has 5 nitrogen and oxygen atoms in total. The number of aromatic amines is 1. The maximum atomic E-state index is 13.8. The molecular weight excluding hydrogens is 386 g/mol. The maximum Gasteiger partial charge on any atom is 0.409 e. The number of sulfonamides is 1. The van der Waals surface area contributed by atoms with Crippen LogP contribution in [-0.4, -0.2) is 35.4 Å². The number of H-pyrrole nitrogens is 1. The van der Waals surface area contributed by atoms with Crippen molar-refractivity contribution in [1.29, 1.82) is 0 Å². The van der Waals surface area contributed by atoms with Crippen molar-refractivity contribution >= 4 is 21.1 Å². The predicted molar refractivity (Wildman–Crippen MR) is 90.9 cm³/mol. The van der Waals surface area contributed by atoms with Crippen molar-refractivity contribution < 1.29 is 26.0 Å². The molecule has 27 heavy (non-hydrogen) atoms. The number of nitrogens with one attached hydrogen (secondary N) is 1. The van der Waals surface area contributed by atoms with Crippen LogP contribution in [0.5, 0.6) is 0 Å². The van der Waals surface area contributed by atoms with Gasteiger partial charge >= 0.3 is 6.18 Å². The Hall–Kier alpha value is -2.46. The Balaban J connectivity index is 2.17. The minimum absolute atomic E-state index is 0.191. The minimum atomic E-state index is -4.90. The van der Waals surface area contributed by atoms with Crippen molar-refractivity contribution in [2.24, 2.45) is 0 Å². The Morgan fingerprint density at radius 1 is 1.15 bits per heavy atom. The molecular formula is C17H15F4N3O2S. The van der Waals surface area contributed by atoms with E-state index in [1.807, 2.05) is 0 Å². The van der Waals surface area contributed by atoms with Crippen LogP contribution >= 0.6 is 0 Å². The number of alkyl halides is 3. The van der Waals surface area contributed by atoms with Gasteiger partial charge in [0.2, 0.25) is 10.0 Å². The molecule has 2 aromatic heterocycles. The molecule has 0 saturated carbocycles. The van der Waals surface area contributed by atoms with Gasteiger partial charge in [-0.3, -0.25) is 0 Å². The first-order chi connectivity index (χ1) is 12.7. The Bertz CT molecular complexity index is 1050. The van der Waals surface area contributed by atoms with Crippen molar-refractivity contribution in [2.75, 3.05) is 6.54 Å². The molecule has 0 bridgehead atoms. The van der Waals surface area contributed by atoms with E-state index in [0.29, 0.717) is 4.31 Å². The number of benzene rings is 1. The average Bonchev–Trinajstić information content (AvgIpc) is 3.07. The number of nitrogens with zero attached hydrogens (tertiary/aromatic N) is 2. The van der Waals surface area contributed by atoms with Gasteiger partial charge in [-0.2, -0.15) is 17.5 Å². The molecule has 1 aromatic carbocycles. The topological polar surface area (TPSA) is 66.1 Å². The Labute approximate surface area is 152 Å². The first-order valence-electron chi connectivity index (χ1n) is 7.92. The van der Waals surface area contributed by atoms with Crippen LogP contribution in [0.2, 0.25) is 0 Å². The summed E-state index contributed by atoms with van der Waals surface area (Å²) in [6, 6.07) is 3.75. The first-order valence-corrected chi connectivity index (χ1v) is 9.36. The molecule has 0 amide bonds. The van der Waals surface area contributed by atoms with E-state index >= 15 is 0 Å². The lowest BCUT2D eigenvalue weighted by molar-refractivity contribution is -0.173. The highest BCUT2D eigenvalue weighted by molar-refractivity contribution is 7.89. The highest BCUT2D eigenvalue weighted by Crippen LogP contribution is 2.41. The van der Waals surface area contributed by atoms with Crippen molar-refractivity contribution in [3.63, 3.8) is 0 Å². The molecule has 3 rings (SSSR count). The van der Waals surface area contributed by atoms with Crippen LogP contribution in [0.4, 0.5) is 17.6 Å². The zero-order valence-electron chi connectivity index (χ0n) is 14.0. The Morgan fingerprint density at radius 3 is 2.41 bits per heavy atom. The van der Waals surface area contributed by atoms with E-state index in [4.69, 9.17) is 0 Å².